The number of aldehydes is 1. The van der Waals surface area contributed by atoms with E-state index in [1.54, 1.807) is 0 Å². The van der Waals surface area contributed by atoms with Gasteiger partial charge < -0.3 is 0 Å². The molecule has 0 heterocycles. The Bertz CT molecular complexity index is 532. The Morgan fingerprint density at radius 3 is 2.50 bits per heavy atom. The molecule has 0 fully saturated rings. The fourth-order valence-electron chi connectivity index (χ4n) is 1.69. The zero-order valence-electron chi connectivity index (χ0n) is 8.91. The van der Waals surface area contributed by atoms with Gasteiger partial charge in [0.05, 0.1) is 0 Å². The standard InChI is InChI=1S/C14H11BrO/c1-10-6-7-11(9-16)13(8-10)12-4-2-3-5-14(12)15/h2-9H,1H3. The molecule has 0 saturated carbocycles. The van der Waals surface area contributed by atoms with Crippen molar-refractivity contribution >= 4 is 22.2 Å². The zero-order chi connectivity index (χ0) is 11.5. The summed E-state index contributed by atoms with van der Waals surface area (Å²) in [4.78, 5) is 11.0. The van der Waals surface area contributed by atoms with Crippen molar-refractivity contribution in [2.24, 2.45) is 0 Å². The molecule has 0 bridgehead atoms. The lowest BCUT2D eigenvalue weighted by Gasteiger charge is -2.08. The van der Waals surface area contributed by atoms with Crippen molar-refractivity contribution in [1.82, 2.24) is 0 Å². The second-order valence-corrected chi connectivity index (χ2v) is 4.54. The summed E-state index contributed by atoms with van der Waals surface area (Å²) in [7, 11) is 0. The maximum absolute atomic E-state index is 11.0. The van der Waals surface area contributed by atoms with E-state index in [1.165, 1.54) is 0 Å². The average Bonchev–Trinajstić information content (AvgIpc) is 2.29. The Labute approximate surface area is 103 Å². The molecule has 0 aliphatic rings. The number of carbonyl (C=O) groups is 1. The van der Waals surface area contributed by atoms with Crippen LogP contribution in [0, 0.1) is 6.92 Å². The van der Waals surface area contributed by atoms with Crippen LogP contribution in [-0.2, 0) is 0 Å². The second kappa shape index (κ2) is 4.62. The van der Waals surface area contributed by atoms with Crippen LogP contribution < -0.4 is 0 Å². The molecule has 0 N–H and O–H groups in total. The number of rotatable bonds is 2. The van der Waals surface area contributed by atoms with Crippen molar-refractivity contribution < 1.29 is 4.79 Å². The molecule has 2 rings (SSSR count). The Kier molecular flexibility index (Phi) is 3.20. The second-order valence-electron chi connectivity index (χ2n) is 3.69. The molecule has 1 nitrogen and oxygen atoms in total. The molecule has 0 aromatic heterocycles. The van der Waals surface area contributed by atoms with Crippen molar-refractivity contribution in [3.8, 4) is 11.1 Å². The van der Waals surface area contributed by atoms with Crippen LogP contribution in [0.3, 0.4) is 0 Å². The quantitative estimate of drug-likeness (QED) is 0.749. The van der Waals surface area contributed by atoms with Crippen LogP contribution in [0.2, 0.25) is 0 Å². The van der Waals surface area contributed by atoms with Crippen molar-refractivity contribution in [3.05, 3.63) is 58.1 Å². The van der Waals surface area contributed by atoms with Gasteiger partial charge in [-0.15, -0.1) is 0 Å². The summed E-state index contributed by atoms with van der Waals surface area (Å²) >= 11 is 3.50. The molecular weight excluding hydrogens is 264 g/mol. The fourth-order valence-corrected chi connectivity index (χ4v) is 2.18. The molecule has 0 atom stereocenters. The number of carbonyl (C=O) groups excluding carboxylic acids is 1. The van der Waals surface area contributed by atoms with Crippen LogP contribution in [0.15, 0.2) is 46.9 Å². The molecule has 0 radical (unpaired) electrons. The third-order valence-corrected chi connectivity index (χ3v) is 3.19. The molecular formula is C14H11BrO. The highest BCUT2D eigenvalue weighted by atomic mass is 79.9. The van der Waals surface area contributed by atoms with Gasteiger partial charge in [0.2, 0.25) is 0 Å². The lowest BCUT2D eigenvalue weighted by atomic mass is 9.98. The lowest BCUT2D eigenvalue weighted by Crippen LogP contribution is -1.89. The summed E-state index contributed by atoms with van der Waals surface area (Å²) in [6, 6.07) is 13.8. The molecule has 0 amide bonds. The monoisotopic (exact) mass is 274 g/mol. The van der Waals surface area contributed by atoms with Crippen LogP contribution in [0.25, 0.3) is 11.1 Å². The first kappa shape index (κ1) is 11.1. The summed E-state index contributed by atoms with van der Waals surface area (Å²) in [5.41, 5.74) is 3.89. The summed E-state index contributed by atoms with van der Waals surface area (Å²) in [6.07, 6.45) is 0.897. The summed E-state index contributed by atoms with van der Waals surface area (Å²) in [5.74, 6) is 0. The normalized spacial score (nSPS) is 10.1. The minimum Gasteiger partial charge on any atom is -0.298 e. The van der Waals surface area contributed by atoms with E-state index in [4.69, 9.17) is 0 Å². The van der Waals surface area contributed by atoms with E-state index < -0.39 is 0 Å². The Morgan fingerprint density at radius 1 is 1.06 bits per heavy atom. The van der Waals surface area contributed by atoms with Crippen molar-refractivity contribution in [1.29, 1.82) is 0 Å². The van der Waals surface area contributed by atoms with Gasteiger partial charge in [0.25, 0.3) is 0 Å². The van der Waals surface area contributed by atoms with Gasteiger partial charge in [-0.3, -0.25) is 4.79 Å². The highest BCUT2D eigenvalue weighted by Gasteiger charge is 2.07. The van der Waals surface area contributed by atoms with Crippen LogP contribution >= 0.6 is 15.9 Å². The van der Waals surface area contributed by atoms with E-state index in [1.807, 2.05) is 49.4 Å². The molecule has 0 aliphatic heterocycles. The van der Waals surface area contributed by atoms with E-state index in [9.17, 15) is 4.79 Å². The summed E-state index contributed by atoms with van der Waals surface area (Å²) < 4.78 is 1.00. The third-order valence-electron chi connectivity index (χ3n) is 2.50. The fraction of sp³-hybridized carbons (Fsp3) is 0.0714. The van der Waals surface area contributed by atoms with Crippen LogP contribution in [-0.4, -0.2) is 6.29 Å². The van der Waals surface area contributed by atoms with Gasteiger partial charge in [0.15, 0.2) is 6.29 Å². The van der Waals surface area contributed by atoms with E-state index in [0.29, 0.717) is 0 Å². The molecule has 0 unspecified atom stereocenters. The maximum Gasteiger partial charge on any atom is 0.150 e. The van der Waals surface area contributed by atoms with Gasteiger partial charge >= 0.3 is 0 Å². The molecule has 0 saturated heterocycles. The Morgan fingerprint density at radius 2 is 1.81 bits per heavy atom. The SMILES string of the molecule is Cc1ccc(C=O)c(-c2ccccc2Br)c1. The molecule has 80 valence electrons. The molecule has 0 aliphatic carbocycles. The minimum atomic E-state index is 0.720. The van der Waals surface area contributed by atoms with Gasteiger partial charge in [-0.05, 0) is 24.1 Å². The number of halogens is 1. The highest BCUT2D eigenvalue weighted by molar-refractivity contribution is 9.10. The van der Waals surface area contributed by atoms with E-state index in [2.05, 4.69) is 15.9 Å². The first-order valence-electron chi connectivity index (χ1n) is 5.03. The van der Waals surface area contributed by atoms with Crippen molar-refractivity contribution in [2.75, 3.05) is 0 Å². The van der Waals surface area contributed by atoms with Crippen molar-refractivity contribution in [3.63, 3.8) is 0 Å². The zero-order valence-corrected chi connectivity index (χ0v) is 10.5. The smallest absolute Gasteiger partial charge is 0.150 e. The van der Waals surface area contributed by atoms with Crippen molar-refractivity contribution in [2.45, 2.75) is 6.92 Å². The molecule has 2 aromatic carbocycles. The topological polar surface area (TPSA) is 17.1 Å². The highest BCUT2D eigenvalue weighted by Crippen LogP contribution is 2.30. The minimum absolute atomic E-state index is 0.720. The molecule has 2 aromatic rings. The maximum atomic E-state index is 11.0. The van der Waals surface area contributed by atoms with Gasteiger partial charge in [0, 0.05) is 10.0 Å². The first-order chi connectivity index (χ1) is 7.72. The van der Waals surface area contributed by atoms with Gasteiger partial charge in [-0.2, -0.15) is 0 Å². The Hall–Kier alpha value is -1.41. The van der Waals surface area contributed by atoms with Gasteiger partial charge in [0.1, 0.15) is 0 Å². The van der Waals surface area contributed by atoms with E-state index in [-0.39, 0.29) is 0 Å². The predicted octanol–water partition coefficient (Wildman–Crippen LogP) is 4.24. The van der Waals surface area contributed by atoms with Crippen LogP contribution in [0.4, 0.5) is 0 Å². The number of hydrogen-bond acceptors (Lipinski definition) is 1. The third kappa shape index (κ3) is 2.07. The predicted molar refractivity (Wildman–Crippen MR) is 69.7 cm³/mol. The van der Waals surface area contributed by atoms with Gasteiger partial charge in [-0.1, -0.05) is 57.9 Å². The summed E-state index contributed by atoms with van der Waals surface area (Å²) in [5, 5.41) is 0. The first-order valence-corrected chi connectivity index (χ1v) is 5.82. The average molecular weight is 275 g/mol. The molecule has 2 heteroatoms. The van der Waals surface area contributed by atoms with E-state index >= 15 is 0 Å². The largest absolute Gasteiger partial charge is 0.298 e. The molecule has 0 spiro atoms. The number of hydrogen-bond donors (Lipinski definition) is 0. The van der Waals surface area contributed by atoms with E-state index in [0.717, 1.165) is 33.0 Å². The van der Waals surface area contributed by atoms with Gasteiger partial charge in [-0.25, -0.2) is 0 Å². The number of aryl methyl sites for hydroxylation is 1. The van der Waals surface area contributed by atoms with Crippen LogP contribution in [0.1, 0.15) is 15.9 Å². The summed E-state index contributed by atoms with van der Waals surface area (Å²) in [6.45, 7) is 2.02. The number of benzene rings is 2. The molecule has 16 heavy (non-hydrogen) atoms. The lowest BCUT2D eigenvalue weighted by molar-refractivity contribution is 0.112. The Balaban J connectivity index is 2.67. The van der Waals surface area contributed by atoms with Crippen LogP contribution in [0.5, 0.6) is 0 Å².